The lowest BCUT2D eigenvalue weighted by Crippen LogP contribution is -2.06. The number of nitrogens with zero attached hydrogens (tertiary/aromatic N) is 6. The van der Waals surface area contributed by atoms with E-state index in [1.54, 1.807) is 0 Å². The second-order valence-corrected chi connectivity index (χ2v) is 17.6. The molecule has 322 valence electrons. The number of fused-ring (bicyclic) bond motifs is 10. The summed E-state index contributed by atoms with van der Waals surface area (Å²) in [4.78, 5) is 16.2. The third-order valence-electron chi connectivity index (χ3n) is 13.7. The van der Waals surface area contributed by atoms with E-state index in [2.05, 4.69) is 238 Å². The zero-order valence-corrected chi connectivity index (χ0v) is 37.3. The first-order valence-electron chi connectivity index (χ1n) is 23.4. The highest BCUT2D eigenvalue weighted by Crippen LogP contribution is 2.44. The van der Waals surface area contributed by atoms with Crippen LogP contribution >= 0.6 is 0 Å². The van der Waals surface area contributed by atoms with Crippen molar-refractivity contribution in [2.75, 3.05) is 0 Å². The van der Waals surface area contributed by atoms with Gasteiger partial charge in [-0.3, -0.25) is 4.57 Å². The fraction of sp³-hybridized carbons (Fsp3) is 0. The van der Waals surface area contributed by atoms with E-state index in [1.807, 2.05) is 18.2 Å². The molecule has 14 aromatic rings. The predicted molar refractivity (Wildman–Crippen MR) is 285 cm³/mol. The summed E-state index contributed by atoms with van der Waals surface area (Å²) in [5.41, 5.74) is 15.2. The van der Waals surface area contributed by atoms with E-state index < -0.39 is 0 Å². The molecule has 0 N–H and O–H groups in total. The van der Waals surface area contributed by atoms with Crippen LogP contribution in [0.4, 0.5) is 0 Å². The average molecular weight is 881 g/mol. The molecule has 0 atom stereocenters. The number of para-hydroxylation sites is 4. The Morgan fingerprint density at radius 2 is 0.783 bits per heavy atom. The standard InChI is InChI=1S/C63H40N6/c1-5-19-41(20-6-1)44-33-35-47(42-21-7-2-8-22-42)58(40-44)68-55-32-18-15-29-51(55)59-57(68)38-36-50-48-27-13-17-31-54(48)69(60(50)59)63-65-61(43-23-9-3-10-24-43)64-62(66-63)45-34-37-56-52(39-45)49-28-14-16-30-53(49)67(56)46-25-11-4-12-26-46/h1-40H. The molecule has 0 radical (unpaired) electrons. The maximum atomic E-state index is 5.50. The van der Waals surface area contributed by atoms with Crippen molar-refractivity contribution in [1.29, 1.82) is 0 Å². The van der Waals surface area contributed by atoms with Gasteiger partial charge in [-0.15, -0.1) is 0 Å². The Labute approximate surface area is 397 Å². The molecule has 6 heteroatoms. The summed E-state index contributed by atoms with van der Waals surface area (Å²) in [5.74, 6) is 1.76. The molecule has 0 aliphatic rings. The lowest BCUT2D eigenvalue weighted by atomic mass is 9.98. The molecule has 0 amide bonds. The fourth-order valence-corrected chi connectivity index (χ4v) is 10.6. The molecule has 69 heavy (non-hydrogen) atoms. The Morgan fingerprint density at radius 1 is 0.275 bits per heavy atom. The molecular formula is C63H40N6. The highest BCUT2D eigenvalue weighted by molar-refractivity contribution is 6.26. The molecule has 0 bridgehead atoms. The molecule has 14 rings (SSSR count). The van der Waals surface area contributed by atoms with Crippen LogP contribution in [0.5, 0.6) is 0 Å². The first-order valence-corrected chi connectivity index (χ1v) is 23.4. The molecule has 0 saturated heterocycles. The number of rotatable bonds is 7. The Bertz CT molecular complexity index is 4280. The van der Waals surface area contributed by atoms with Gasteiger partial charge >= 0.3 is 0 Å². The lowest BCUT2D eigenvalue weighted by Gasteiger charge is -2.16. The topological polar surface area (TPSA) is 53.5 Å². The van der Waals surface area contributed by atoms with Gasteiger partial charge in [0.15, 0.2) is 11.6 Å². The van der Waals surface area contributed by atoms with Gasteiger partial charge in [-0.1, -0.05) is 182 Å². The lowest BCUT2D eigenvalue weighted by molar-refractivity contribution is 0.955. The van der Waals surface area contributed by atoms with Gasteiger partial charge in [-0.25, -0.2) is 4.98 Å². The summed E-state index contributed by atoms with van der Waals surface area (Å²) < 4.78 is 7.07. The highest BCUT2D eigenvalue weighted by Gasteiger charge is 2.25. The largest absolute Gasteiger partial charge is 0.309 e. The summed E-state index contributed by atoms with van der Waals surface area (Å²) in [6, 6.07) is 86.3. The van der Waals surface area contributed by atoms with Gasteiger partial charge in [0.25, 0.3) is 0 Å². The van der Waals surface area contributed by atoms with Crippen LogP contribution in [0.15, 0.2) is 243 Å². The van der Waals surface area contributed by atoms with E-state index in [9.17, 15) is 0 Å². The van der Waals surface area contributed by atoms with Crippen LogP contribution in [0.3, 0.4) is 0 Å². The molecule has 6 nitrogen and oxygen atoms in total. The molecule has 0 unspecified atom stereocenters. The number of hydrogen-bond acceptors (Lipinski definition) is 3. The highest BCUT2D eigenvalue weighted by atomic mass is 15.2. The van der Waals surface area contributed by atoms with Crippen molar-refractivity contribution >= 4 is 65.4 Å². The fourth-order valence-electron chi connectivity index (χ4n) is 10.6. The zero-order valence-electron chi connectivity index (χ0n) is 37.3. The van der Waals surface area contributed by atoms with Crippen molar-refractivity contribution in [2.45, 2.75) is 0 Å². The van der Waals surface area contributed by atoms with Gasteiger partial charge in [0.05, 0.1) is 38.8 Å². The van der Waals surface area contributed by atoms with Crippen LogP contribution in [0.2, 0.25) is 0 Å². The van der Waals surface area contributed by atoms with Crippen molar-refractivity contribution in [3.8, 4) is 62.4 Å². The predicted octanol–water partition coefficient (Wildman–Crippen LogP) is 15.8. The van der Waals surface area contributed by atoms with Crippen molar-refractivity contribution in [2.24, 2.45) is 0 Å². The number of hydrogen-bond donors (Lipinski definition) is 0. The molecule has 0 saturated carbocycles. The molecule has 0 aliphatic carbocycles. The maximum absolute atomic E-state index is 5.50. The van der Waals surface area contributed by atoms with Crippen LogP contribution in [0.1, 0.15) is 0 Å². The summed E-state index contributed by atoms with van der Waals surface area (Å²) in [6.07, 6.45) is 0. The van der Waals surface area contributed by atoms with Gasteiger partial charge in [-0.2, -0.15) is 9.97 Å². The van der Waals surface area contributed by atoms with E-state index in [1.165, 1.54) is 10.9 Å². The Balaban J connectivity index is 1.06. The van der Waals surface area contributed by atoms with E-state index in [0.717, 1.165) is 99.2 Å². The van der Waals surface area contributed by atoms with Crippen LogP contribution in [0, 0.1) is 0 Å². The van der Waals surface area contributed by atoms with Gasteiger partial charge in [0.2, 0.25) is 5.95 Å². The van der Waals surface area contributed by atoms with E-state index in [0.29, 0.717) is 17.6 Å². The van der Waals surface area contributed by atoms with Gasteiger partial charge < -0.3 is 9.13 Å². The van der Waals surface area contributed by atoms with Crippen LogP contribution in [-0.4, -0.2) is 28.7 Å². The quantitative estimate of drug-likeness (QED) is 0.160. The SMILES string of the molecule is c1ccc(-c2ccc(-c3ccccc3)c(-n3c4ccccc4c4c3ccc3c5ccccc5n(-c5nc(-c6ccccc6)nc(-c6ccc7c(c6)c6ccccc6n7-c6ccccc6)n5)c34)c2)cc1. The third-order valence-corrected chi connectivity index (χ3v) is 13.7. The number of aromatic nitrogens is 6. The normalized spacial score (nSPS) is 11.8. The monoisotopic (exact) mass is 880 g/mol. The summed E-state index contributed by atoms with van der Waals surface area (Å²) in [7, 11) is 0. The van der Waals surface area contributed by atoms with Crippen molar-refractivity contribution in [3.63, 3.8) is 0 Å². The van der Waals surface area contributed by atoms with Crippen LogP contribution in [-0.2, 0) is 0 Å². The van der Waals surface area contributed by atoms with E-state index >= 15 is 0 Å². The summed E-state index contributed by atoms with van der Waals surface area (Å²) in [6.45, 7) is 0. The molecule has 4 aromatic heterocycles. The summed E-state index contributed by atoms with van der Waals surface area (Å²) in [5, 5.41) is 6.82. The molecule has 0 fully saturated rings. The van der Waals surface area contributed by atoms with Gasteiger partial charge in [-0.05, 0) is 77.4 Å². The van der Waals surface area contributed by atoms with Crippen molar-refractivity contribution in [1.82, 2.24) is 28.7 Å². The zero-order chi connectivity index (χ0) is 45.4. The Hall–Kier alpha value is -9.39. The minimum absolute atomic E-state index is 0.553. The smallest absolute Gasteiger partial charge is 0.238 e. The van der Waals surface area contributed by atoms with Gasteiger partial charge in [0.1, 0.15) is 0 Å². The molecule has 10 aromatic carbocycles. The van der Waals surface area contributed by atoms with Crippen molar-refractivity contribution in [3.05, 3.63) is 243 Å². The molecule has 0 aliphatic heterocycles. The summed E-state index contributed by atoms with van der Waals surface area (Å²) >= 11 is 0. The molecular weight excluding hydrogens is 841 g/mol. The second kappa shape index (κ2) is 15.6. The Kier molecular flexibility index (Phi) is 8.79. The minimum atomic E-state index is 0.553. The Morgan fingerprint density at radius 3 is 1.48 bits per heavy atom. The third kappa shape index (κ3) is 6.16. The van der Waals surface area contributed by atoms with Gasteiger partial charge in [0, 0.05) is 54.7 Å². The first-order chi connectivity index (χ1) is 34.2. The van der Waals surface area contributed by atoms with Crippen LogP contribution < -0.4 is 0 Å². The van der Waals surface area contributed by atoms with Crippen molar-refractivity contribution < 1.29 is 0 Å². The molecule has 4 heterocycles. The minimum Gasteiger partial charge on any atom is -0.309 e. The van der Waals surface area contributed by atoms with Crippen LogP contribution in [0.25, 0.3) is 128 Å². The van der Waals surface area contributed by atoms with E-state index in [4.69, 9.17) is 15.0 Å². The average Bonchev–Trinajstić information content (AvgIpc) is 4.07. The second-order valence-electron chi connectivity index (χ2n) is 17.6. The maximum Gasteiger partial charge on any atom is 0.238 e. The molecule has 0 spiro atoms. The first kappa shape index (κ1) is 38.8. The van der Waals surface area contributed by atoms with E-state index in [-0.39, 0.29) is 0 Å². The number of benzene rings is 10.